The number of amides is 1. The van der Waals surface area contributed by atoms with E-state index in [1.807, 2.05) is 0 Å². The summed E-state index contributed by atoms with van der Waals surface area (Å²) in [6.07, 6.45) is 0. The lowest BCUT2D eigenvalue weighted by atomic mass is 10.1. The standard InChI is InChI=1S/C26H25FN2O9S/c1-34-22-13-19(26(31)36-3)20(14-23(22)35-2)28-25(30)15-29(17-6-4-5-16(27)11-17)39(32,33)18-7-8-21-24(12-18)38-10-9-37-21/h4-8,11-14H,9-10,15H2,1-3H3,(H,28,30). The van der Waals surface area contributed by atoms with E-state index < -0.39 is 34.3 Å². The lowest BCUT2D eigenvalue weighted by molar-refractivity contribution is -0.114. The van der Waals surface area contributed by atoms with Crippen LogP contribution in [0.15, 0.2) is 59.5 Å². The molecule has 0 radical (unpaired) electrons. The number of halogens is 1. The van der Waals surface area contributed by atoms with Gasteiger partial charge in [-0.15, -0.1) is 0 Å². The van der Waals surface area contributed by atoms with Crippen molar-refractivity contribution in [2.75, 3.05) is 50.7 Å². The number of nitrogens with one attached hydrogen (secondary N) is 1. The Morgan fingerprint density at radius 1 is 0.949 bits per heavy atom. The Balaban J connectivity index is 1.71. The van der Waals surface area contributed by atoms with Gasteiger partial charge in [-0.25, -0.2) is 17.6 Å². The van der Waals surface area contributed by atoms with Crippen LogP contribution in [-0.2, 0) is 19.6 Å². The third-order valence-corrected chi connectivity index (χ3v) is 7.46. The van der Waals surface area contributed by atoms with Gasteiger partial charge in [-0.05, 0) is 30.3 Å². The number of fused-ring (bicyclic) bond motifs is 1. The zero-order valence-electron chi connectivity index (χ0n) is 21.2. The topological polar surface area (TPSA) is 130 Å². The second-order valence-corrected chi connectivity index (χ2v) is 9.95. The van der Waals surface area contributed by atoms with E-state index in [0.717, 1.165) is 23.5 Å². The average Bonchev–Trinajstić information content (AvgIpc) is 2.94. The first-order valence-electron chi connectivity index (χ1n) is 11.5. The molecule has 1 aliphatic heterocycles. The number of carbonyl (C=O) groups excluding carboxylic acids is 2. The molecule has 4 rings (SSSR count). The van der Waals surface area contributed by atoms with Crippen molar-refractivity contribution >= 4 is 33.3 Å². The Kier molecular flexibility index (Phi) is 8.10. The quantitative estimate of drug-likeness (QED) is 0.392. The zero-order valence-corrected chi connectivity index (χ0v) is 22.0. The summed E-state index contributed by atoms with van der Waals surface area (Å²) in [5.74, 6) is -1.32. The van der Waals surface area contributed by atoms with Crippen LogP contribution in [0.1, 0.15) is 10.4 Å². The maximum Gasteiger partial charge on any atom is 0.340 e. The third-order valence-electron chi connectivity index (χ3n) is 5.69. The second kappa shape index (κ2) is 11.5. The number of anilines is 2. The predicted molar refractivity (Wildman–Crippen MR) is 138 cm³/mol. The fraction of sp³-hybridized carbons (Fsp3) is 0.231. The predicted octanol–water partition coefficient (Wildman–Crippen LogP) is 3.23. The summed E-state index contributed by atoms with van der Waals surface area (Å²) < 4.78 is 68.6. The smallest absolute Gasteiger partial charge is 0.340 e. The van der Waals surface area contributed by atoms with E-state index in [0.29, 0.717) is 12.4 Å². The first-order valence-corrected chi connectivity index (χ1v) is 12.9. The molecule has 0 aromatic heterocycles. The molecule has 0 saturated heterocycles. The monoisotopic (exact) mass is 560 g/mol. The molecule has 1 N–H and O–H groups in total. The lowest BCUT2D eigenvalue weighted by Gasteiger charge is -2.25. The Hall–Kier alpha value is -4.52. The molecule has 0 saturated carbocycles. The fourth-order valence-electron chi connectivity index (χ4n) is 3.84. The van der Waals surface area contributed by atoms with Gasteiger partial charge in [-0.3, -0.25) is 9.10 Å². The van der Waals surface area contributed by atoms with Gasteiger partial charge in [-0.1, -0.05) is 6.07 Å². The SMILES string of the molecule is COC(=O)c1cc(OC)c(OC)cc1NC(=O)CN(c1cccc(F)c1)S(=O)(=O)c1ccc2c(c1)OCCO2. The summed E-state index contributed by atoms with van der Waals surface area (Å²) in [5.41, 5.74) is -0.170. The number of sulfonamides is 1. The Bertz CT molecular complexity index is 1510. The van der Waals surface area contributed by atoms with Crippen molar-refractivity contribution in [2.45, 2.75) is 4.90 Å². The summed E-state index contributed by atoms with van der Waals surface area (Å²) in [5, 5.41) is 2.52. The number of hydrogen-bond donors (Lipinski definition) is 1. The van der Waals surface area contributed by atoms with E-state index in [1.54, 1.807) is 0 Å². The summed E-state index contributed by atoms with van der Waals surface area (Å²) in [4.78, 5) is 25.4. The Morgan fingerprint density at radius 2 is 1.64 bits per heavy atom. The van der Waals surface area contributed by atoms with Gasteiger partial charge in [0.1, 0.15) is 25.6 Å². The minimum Gasteiger partial charge on any atom is -0.493 e. The van der Waals surface area contributed by atoms with Crippen LogP contribution in [0.5, 0.6) is 23.0 Å². The first kappa shape index (κ1) is 27.5. The molecule has 1 aliphatic rings. The van der Waals surface area contributed by atoms with Gasteiger partial charge >= 0.3 is 5.97 Å². The number of hydrogen-bond acceptors (Lipinski definition) is 9. The van der Waals surface area contributed by atoms with Crippen LogP contribution in [0.3, 0.4) is 0 Å². The second-order valence-electron chi connectivity index (χ2n) is 8.09. The van der Waals surface area contributed by atoms with Crippen molar-refractivity contribution < 1.29 is 46.1 Å². The van der Waals surface area contributed by atoms with Gasteiger partial charge in [-0.2, -0.15) is 0 Å². The number of nitrogens with zero attached hydrogens (tertiary/aromatic N) is 1. The molecule has 0 aliphatic carbocycles. The molecule has 39 heavy (non-hydrogen) atoms. The largest absolute Gasteiger partial charge is 0.493 e. The molecule has 0 spiro atoms. The van der Waals surface area contributed by atoms with Gasteiger partial charge < -0.3 is 29.0 Å². The molecule has 0 bridgehead atoms. The maximum absolute atomic E-state index is 14.1. The van der Waals surface area contributed by atoms with Crippen molar-refractivity contribution in [3.63, 3.8) is 0 Å². The molecule has 13 heteroatoms. The van der Waals surface area contributed by atoms with E-state index in [1.165, 1.54) is 56.7 Å². The third kappa shape index (κ3) is 5.82. The van der Waals surface area contributed by atoms with Crippen molar-refractivity contribution in [2.24, 2.45) is 0 Å². The number of ether oxygens (including phenoxy) is 5. The number of methoxy groups -OCH3 is 3. The molecule has 206 valence electrons. The highest BCUT2D eigenvalue weighted by Gasteiger charge is 2.30. The minimum atomic E-state index is -4.41. The van der Waals surface area contributed by atoms with E-state index >= 15 is 0 Å². The van der Waals surface area contributed by atoms with Crippen LogP contribution in [-0.4, -0.2) is 61.4 Å². The van der Waals surface area contributed by atoms with Crippen LogP contribution >= 0.6 is 0 Å². The Labute approximate surface area is 224 Å². The molecule has 0 unspecified atom stereocenters. The van der Waals surface area contributed by atoms with Gasteiger partial charge in [0.05, 0.1) is 43.2 Å². The molecule has 1 amide bonds. The summed E-state index contributed by atoms with van der Waals surface area (Å²) in [7, 11) is -0.510. The highest BCUT2D eigenvalue weighted by molar-refractivity contribution is 7.92. The summed E-state index contributed by atoms with van der Waals surface area (Å²) >= 11 is 0. The number of benzene rings is 3. The highest BCUT2D eigenvalue weighted by Crippen LogP contribution is 2.36. The minimum absolute atomic E-state index is 0.0135. The normalized spacial score (nSPS) is 12.3. The van der Waals surface area contributed by atoms with Crippen molar-refractivity contribution in [1.29, 1.82) is 0 Å². The van der Waals surface area contributed by atoms with E-state index in [9.17, 15) is 22.4 Å². The van der Waals surface area contributed by atoms with Crippen LogP contribution < -0.4 is 28.6 Å². The van der Waals surface area contributed by atoms with Crippen LogP contribution in [0, 0.1) is 5.82 Å². The molecule has 3 aromatic carbocycles. The first-order chi connectivity index (χ1) is 18.7. The lowest BCUT2D eigenvalue weighted by Crippen LogP contribution is -2.38. The van der Waals surface area contributed by atoms with E-state index in [-0.39, 0.29) is 45.7 Å². The molecule has 3 aromatic rings. The molecule has 11 nitrogen and oxygen atoms in total. The van der Waals surface area contributed by atoms with E-state index in [2.05, 4.69) is 5.32 Å². The van der Waals surface area contributed by atoms with Gasteiger partial charge in [0.15, 0.2) is 23.0 Å². The number of esters is 1. The molecular formula is C26H25FN2O9S. The summed E-state index contributed by atoms with van der Waals surface area (Å²) in [6, 6.07) is 11.5. The van der Waals surface area contributed by atoms with Crippen molar-refractivity contribution in [3.05, 3.63) is 66.0 Å². The van der Waals surface area contributed by atoms with Crippen LogP contribution in [0.4, 0.5) is 15.8 Å². The highest BCUT2D eigenvalue weighted by atomic mass is 32.2. The average molecular weight is 561 g/mol. The fourth-order valence-corrected chi connectivity index (χ4v) is 5.27. The molecule has 1 heterocycles. The summed E-state index contributed by atoms with van der Waals surface area (Å²) in [6.45, 7) is -0.214. The van der Waals surface area contributed by atoms with Gasteiger partial charge in [0.25, 0.3) is 10.0 Å². The van der Waals surface area contributed by atoms with Crippen LogP contribution in [0.2, 0.25) is 0 Å². The number of carbonyl (C=O) groups is 2. The zero-order chi connectivity index (χ0) is 28.2. The number of rotatable bonds is 9. The van der Waals surface area contributed by atoms with Crippen LogP contribution in [0.25, 0.3) is 0 Å². The van der Waals surface area contributed by atoms with Gasteiger partial charge in [0, 0.05) is 18.2 Å². The Morgan fingerprint density at radius 3 is 2.31 bits per heavy atom. The van der Waals surface area contributed by atoms with Crippen molar-refractivity contribution in [1.82, 2.24) is 0 Å². The van der Waals surface area contributed by atoms with E-state index in [4.69, 9.17) is 23.7 Å². The molecule has 0 atom stereocenters. The van der Waals surface area contributed by atoms with Crippen molar-refractivity contribution in [3.8, 4) is 23.0 Å². The maximum atomic E-state index is 14.1. The van der Waals surface area contributed by atoms with Gasteiger partial charge in [0.2, 0.25) is 5.91 Å². The molecule has 0 fully saturated rings. The molecular weight excluding hydrogens is 535 g/mol.